The van der Waals surface area contributed by atoms with Crippen molar-refractivity contribution in [3.63, 3.8) is 0 Å². The van der Waals surface area contributed by atoms with Crippen LogP contribution in [-0.4, -0.2) is 93.3 Å². The molecule has 0 aliphatic heterocycles. The number of aliphatic hydroxyl groups excluding tert-OH is 1. The van der Waals surface area contributed by atoms with Crippen molar-refractivity contribution in [3.8, 4) is 39.8 Å². The molecule has 1 atom stereocenters. The maximum atomic E-state index is 13.1. The number of nitrogens with zero attached hydrogens (tertiary/aromatic N) is 14. The zero-order valence-corrected chi connectivity index (χ0v) is 66.6. The van der Waals surface area contributed by atoms with Crippen LogP contribution in [0.2, 0.25) is 0 Å². The molecule has 0 bridgehead atoms. The molecule has 0 aliphatic rings. The third kappa shape index (κ3) is 21.4. The number of para-hydroxylation sites is 3. The molecule has 0 saturated carbocycles. The second kappa shape index (κ2) is 40.8. The van der Waals surface area contributed by atoms with E-state index in [-0.39, 0.29) is 75.5 Å². The Morgan fingerprint density at radius 2 is 1.33 bits per heavy atom. The fraction of sp³-hybridized carbons (Fsp3) is 0.214. The number of thiocarbonyl (C=S) groups is 1. The van der Waals surface area contributed by atoms with Gasteiger partial charge in [0.15, 0.2) is 23.1 Å². The number of hydrogen-bond donors (Lipinski definition) is 1. The summed E-state index contributed by atoms with van der Waals surface area (Å²) in [5.41, 5.74) is 13.8. The van der Waals surface area contributed by atoms with Crippen molar-refractivity contribution in [2.24, 2.45) is 5.92 Å². The average Bonchev–Trinajstić information content (AvgIpc) is 1.60. The molecule has 14 aromatic rings. The molecule has 106 heavy (non-hydrogen) atoms. The Bertz CT molecular complexity index is 5000. The molecule has 0 saturated heterocycles. The standard InChI is InChI=1S/C36H35N7O3.C26H26N4S.C22H17N3O.3Pt/c1-26-24-33(39-42(26)29-13-8-6-9-14-29)41(28-18-16-27(17-19-28)12-7-4-3-5-10-23-44)34-25-32(36(45)46-2)43(40-34)31-20-22-38-35-30(31)15-11-21-37-35;1-3-9-20(2)16-21-18-29(23-10-5-4-6-11-23)19-22(21)17-25(31)24-13-15-30(28-24)26-12-7-8-14-27-26;1-3-8-18(9-4-1)22-13-7-10-19(23-22)16-26-17-20-14-15-25(24-20)21-11-5-2-6-12-21;;;/h6,8-9,11,13,15-19,21-22,24-25,44H,3-5,7,10,12,23H2,1-2H3;4-8,10,12-15,18,20H,3,9,16-17H2,1-2H3;1-8,10-11,13-15H,16-17H2;;;/q3*-2;3*+2. The van der Waals surface area contributed by atoms with Gasteiger partial charge in [-0.3, -0.25) is 33.9 Å². The first-order chi connectivity index (χ1) is 50.6. The average molecular weight is 1960 g/mol. The van der Waals surface area contributed by atoms with E-state index < -0.39 is 5.97 Å². The molecule has 0 amide bonds. The molecular formula is C84H78N14O4Pt3S. The minimum atomic E-state index is -0.545. The van der Waals surface area contributed by atoms with Gasteiger partial charge in [0.25, 0.3) is 0 Å². The summed E-state index contributed by atoms with van der Waals surface area (Å²) in [5.74, 6) is 1.95. The number of carbonyl (C=O) groups excluding carboxylic acids is 1. The molecule has 14 rings (SSSR count). The Labute approximate surface area is 667 Å². The summed E-state index contributed by atoms with van der Waals surface area (Å²) in [5, 5.41) is 28.8. The van der Waals surface area contributed by atoms with Crippen LogP contribution in [0.1, 0.15) is 109 Å². The van der Waals surface area contributed by atoms with E-state index in [9.17, 15) is 4.79 Å². The van der Waals surface area contributed by atoms with Crippen LogP contribution in [0, 0.1) is 49.4 Å². The van der Waals surface area contributed by atoms with Gasteiger partial charge in [0.1, 0.15) is 0 Å². The first-order valence-electron chi connectivity index (χ1n) is 34.6. The smallest absolute Gasteiger partial charge is 0.471 e. The van der Waals surface area contributed by atoms with Gasteiger partial charge in [0, 0.05) is 59.8 Å². The van der Waals surface area contributed by atoms with Gasteiger partial charge in [-0.1, -0.05) is 119 Å². The van der Waals surface area contributed by atoms with Crippen LogP contribution >= 0.6 is 12.2 Å². The molecule has 18 nitrogen and oxygen atoms in total. The van der Waals surface area contributed by atoms with Crippen LogP contribution in [0.3, 0.4) is 0 Å². The van der Waals surface area contributed by atoms with Crippen LogP contribution in [0.5, 0.6) is 0 Å². The predicted octanol–water partition coefficient (Wildman–Crippen LogP) is 16.5. The van der Waals surface area contributed by atoms with E-state index in [0.29, 0.717) is 53.9 Å². The summed E-state index contributed by atoms with van der Waals surface area (Å²) in [6, 6.07) is 78.5. The number of pyridine rings is 4. The number of carbonyl (C=O) groups is 1. The number of anilines is 3. The number of fused-ring (bicyclic) bond motifs is 1. The van der Waals surface area contributed by atoms with Crippen molar-refractivity contribution >= 4 is 51.4 Å². The number of rotatable bonds is 28. The number of aryl methyl sites for hydroxylation is 2. The maximum Gasteiger partial charge on any atom is 2.00 e. The second-order valence-corrected chi connectivity index (χ2v) is 25.1. The van der Waals surface area contributed by atoms with Gasteiger partial charge in [-0.15, -0.1) is 76.8 Å². The van der Waals surface area contributed by atoms with Crippen molar-refractivity contribution in [3.05, 3.63) is 313 Å². The summed E-state index contributed by atoms with van der Waals surface area (Å²) in [7, 11) is 1.35. The van der Waals surface area contributed by atoms with Crippen LogP contribution in [0.15, 0.2) is 231 Å². The third-order valence-corrected chi connectivity index (χ3v) is 17.4. The van der Waals surface area contributed by atoms with Crippen molar-refractivity contribution in [2.45, 2.75) is 98.2 Å². The maximum absolute atomic E-state index is 13.1. The Balaban J connectivity index is 0.000000190. The largest absolute Gasteiger partial charge is 2.00 e. The molecule has 544 valence electrons. The van der Waals surface area contributed by atoms with E-state index in [1.54, 1.807) is 27.8 Å². The van der Waals surface area contributed by atoms with Crippen molar-refractivity contribution < 1.29 is 82.6 Å². The summed E-state index contributed by atoms with van der Waals surface area (Å²) >= 11 is 5.78. The molecule has 0 aliphatic carbocycles. The van der Waals surface area contributed by atoms with E-state index in [1.807, 2.05) is 197 Å². The molecule has 5 aromatic carbocycles. The number of benzene rings is 5. The molecule has 0 fully saturated rings. The third-order valence-electron chi connectivity index (χ3n) is 17.0. The number of methoxy groups -OCH3 is 1. The van der Waals surface area contributed by atoms with Crippen molar-refractivity contribution in [1.82, 2.24) is 63.6 Å². The topological polar surface area (TPSA) is 187 Å². The monoisotopic (exact) mass is 1960 g/mol. The molecule has 9 heterocycles. The number of aromatic nitrogens is 13. The van der Waals surface area contributed by atoms with Gasteiger partial charge in [-0.25, -0.2) is 26.6 Å². The van der Waals surface area contributed by atoms with E-state index >= 15 is 0 Å². The van der Waals surface area contributed by atoms with Gasteiger partial charge in [0.05, 0.1) is 43.1 Å². The summed E-state index contributed by atoms with van der Waals surface area (Å²) in [4.78, 5) is 33.6. The molecule has 0 spiro atoms. The van der Waals surface area contributed by atoms with Gasteiger partial charge in [-0.2, -0.15) is 98.9 Å². The predicted molar refractivity (Wildman–Crippen MR) is 403 cm³/mol. The summed E-state index contributed by atoms with van der Waals surface area (Å²) in [6.07, 6.45) is 24.8. The van der Waals surface area contributed by atoms with Crippen LogP contribution in [0.4, 0.5) is 17.3 Å². The Hall–Kier alpha value is -9.58. The number of unbranched alkanes of at least 4 members (excludes halogenated alkanes) is 4. The van der Waals surface area contributed by atoms with Gasteiger partial charge >= 0.3 is 69.2 Å². The first-order valence-corrected chi connectivity index (χ1v) is 35.0. The first kappa shape index (κ1) is 80.5. The number of esters is 1. The van der Waals surface area contributed by atoms with Gasteiger partial charge < -0.3 is 19.1 Å². The molecule has 1 N–H and O–H groups in total. The molecule has 0 radical (unpaired) electrons. The minimum absolute atomic E-state index is 0. The van der Waals surface area contributed by atoms with Crippen molar-refractivity contribution in [2.75, 3.05) is 18.6 Å². The van der Waals surface area contributed by atoms with E-state index in [1.165, 1.54) is 42.0 Å². The quantitative estimate of drug-likeness (QED) is 0.0160. The minimum Gasteiger partial charge on any atom is -0.471 e. The summed E-state index contributed by atoms with van der Waals surface area (Å²) in [6.45, 7) is 7.66. The Morgan fingerprint density at radius 1 is 0.642 bits per heavy atom. The number of hydrogen-bond acceptors (Lipinski definition) is 14. The zero-order chi connectivity index (χ0) is 71.1. The second-order valence-electron chi connectivity index (χ2n) is 24.6. The fourth-order valence-electron chi connectivity index (χ4n) is 11.9. The molecule has 1 unspecified atom stereocenters. The van der Waals surface area contributed by atoms with Crippen LogP contribution < -0.4 is 4.90 Å². The normalized spacial score (nSPS) is 11.0. The van der Waals surface area contributed by atoms with Crippen molar-refractivity contribution in [1.29, 1.82) is 0 Å². The van der Waals surface area contributed by atoms with Gasteiger partial charge in [-0.05, 0) is 104 Å². The van der Waals surface area contributed by atoms with E-state index in [2.05, 4.69) is 111 Å². The molecule has 9 aromatic heterocycles. The SMILES string of the molecule is CCCC(C)Cc1cn(-c2[c-]cccc2)[c-]c1CC(=S)c1ccn(-c2ccccn2)n1.COC(=O)c1cc(N(c2ccc(CCCCCCCO)cc2)c2cc(C)n(-c3[c-]cccc3)n2)nn1-c1[c-]cnc2ncccc12.[Pt+2].[Pt+2].[Pt+2].[c-]1ccccc1-c1cccc(COCc2ccn(-c3[c-]cccc3)n2)n1. The van der Waals surface area contributed by atoms with E-state index in [4.69, 9.17) is 37.0 Å². The fourth-order valence-corrected chi connectivity index (χ4v) is 12.1. The molecule has 22 heteroatoms. The summed E-state index contributed by atoms with van der Waals surface area (Å²) < 4.78 is 19.9. The van der Waals surface area contributed by atoms with Crippen LogP contribution in [-0.2, 0) is 105 Å². The number of aliphatic hydroxyl groups is 1. The zero-order valence-electron chi connectivity index (χ0n) is 59.0. The molecular weight excluding hydrogens is 1890 g/mol. The number of ether oxygens (including phenoxy) is 2. The van der Waals surface area contributed by atoms with E-state index in [0.717, 1.165) is 118 Å². The van der Waals surface area contributed by atoms with Gasteiger partial charge in [0.2, 0.25) is 0 Å². The van der Waals surface area contributed by atoms with Crippen LogP contribution in [0.25, 0.3) is 50.9 Å². The Kier molecular flexibility index (Phi) is 31.0. The Morgan fingerprint density at radius 3 is 2.05 bits per heavy atom.